The van der Waals surface area contributed by atoms with Crippen molar-refractivity contribution in [2.75, 3.05) is 6.54 Å². The maximum atomic E-state index is 13.3. The summed E-state index contributed by atoms with van der Waals surface area (Å²) >= 11 is 0. The minimum absolute atomic E-state index is 0.0304. The molecule has 160 valence electrons. The number of carbonyl (C=O) groups is 1. The molecule has 31 heavy (non-hydrogen) atoms. The largest absolute Gasteiger partial charge is 0.416 e. The summed E-state index contributed by atoms with van der Waals surface area (Å²) in [6.07, 6.45) is -4.07. The predicted molar refractivity (Wildman–Crippen MR) is 107 cm³/mol. The first-order chi connectivity index (χ1) is 14.6. The summed E-state index contributed by atoms with van der Waals surface area (Å²) < 4.78 is 53.0. The van der Waals surface area contributed by atoms with Crippen LogP contribution >= 0.6 is 0 Å². The molecule has 8 heteroatoms. The third kappa shape index (κ3) is 4.02. The molecule has 1 aliphatic rings. The van der Waals surface area contributed by atoms with Gasteiger partial charge >= 0.3 is 6.18 Å². The average molecular weight is 429 g/mol. The first-order valence-corrected chi connectivity index (χ1v) is 9.73. The first-order valence-electron chi connectivity index (χ1n) is 9.73. The highest BCUT2D eigenvalue weighted by Gasteiger charge is 2.34. The van der Waals surface area contributed by atoms with Gasteiger partial charge in [-0.15, -0.1) is 0 Å². The number of aromatic nitrogens is 2. The number of aryl methyl sites for hydroxylation is 1. The number of rotatable bonds is 2. The lowest BCUT2D eigenvalue weighted by Crippen LogP contribution is -2.37. The van der Waals surface area contributed by atoms with Crippen molar-refractivity contribution in [2.24, 2.45) is 0 Å². The first kappa shape index (κ1) is 21.0. The number of benzene rings is 2. The van der Waals surface area contributed by atoms with Crippen LogP contribution in [-0.4, -0.2) is 27.3 Å². The molecule has 4 rings (SSSR count). The Labute approximate surface area is 176 Å². The van der Waals surface area contributed by atoms with E-state index in [2.05, 4.69) is 9.97 Å². The molecular formula is C23H19F4N3O. The Morgan fingerprint density at radius 2 is 1.74 bits per heavy atom. The molecule has 0 atom stereocenters. The Morgan fingerprint density at radius 3 is 2.42 bits per heavy atom. The quantitative estimate of drug-likeness (QED) is 0.532. The normalized spacial score (nSPS) is 13.8. The van der Waals surface area contributed by atoms with E-state index in [9.17, 15) is 22.4 Å². The molecule has 0 bridgehead atoms. The van der Waals surface area contributed by atoms with Crippen LogP contribution in [-0.2, 0) is 19.1 Å². The third-order valence-electron chi connectivity index (χ3n) is 5.45. The lowest BCUT2D eigenvalue weighted by molar-refractivity contribution is -0.138. The van der Waals surface area contributed by atoms with E-state index in [1.165, 1.54) is 36.1 Å². The number of alkyl halides is 3. The Kier molecular flexibility index (Phi) is 5.24. The second-order valence-electron chi connectivity index (χ2n) is 7.50. The summed E-state index contributed by atoms with van der Waals surface area (Å²) in [5.74, 6) is -0.312. The Balaban J connectivity index is 1.67. The summed E-state index contributed by atoms with van der Waals surface area (Å²) in [5, 5.41) is 0. The molecule has 1 amide bonds. The van der Waals surface area contributed by atoms with Crippen LogP contribution in [0.1, 0.15) is 38.6 Å². The number of nitrogens with zero attached hydrogens (tertiary/aromatic N) is 3. The summed E-state index contributed by atoms with van der Waals surface area (Å²) in [6.45, 7) is 3.53. The zero-order valence-corrected chi connectivity index (χ0v) is 16.9. The van der Waals surface area contributed by atoms with Gasteiger partial charge in [-0.3, -0.25) is 4.79 Å². The van der Waals surface area contributed by atoms with E-state index in [0.29, 0.717) is 30.2 Å². The van der Waals surface area contributed by atoms with Gasteiger partial charge in [0.05, 0.1) is 23.5 Å². The van der Waals surface area contributed by atoms with E-state index in [1.54, 1.807) is 19.1 Å². The van der Waals surface area contributed by atoms with Gasteiger partial charge in [-0.05, 0) is 62.2 Å². The van der Waals surface area contributed by atoms with Gasteiger partial charge in [0.25, 0.3) is 5.91 Å². The smallest absolute Gasteiger partial charge is 0.332 e. The van der Waals surface area contributed by atoms with Crippen molar-refractivity contribution in [3.8, 4) is 11.3 Å². The molecule has 0 saturated carbocycles. The van der Waals surface area contributed by atoms with Crippen LogP contribution in [0.4, 0.5) is 17.6 Å². The molecular weight excluding hydrogens is 410 g/mol. The lowest BCUT2D eigenvalue weighted by Gasteiger charge is -2.30. The van der Waals surface area contributed by atoms with E-state index in [0.717, 1.165) is 17.2 Å². The molecule has 2 aromatic carbocycles. The number of halogens is 4. The molecule has 1 aromatic heterocycles. The van der Waals surface area contributed by atoms with E-state index < -0.39 is 17.6 Å². The summed E-state index contributed by atoms with van der Waals surface area (Å²) in [6, 6.07) is 9.63. The van der Waals surface area contributed by atoms with Crippen molar-refractivity contribution in [1.29, 1.82) is 0 Å². The van der Waals surface area contributed by atoms with E-state index >= 15 is 0 Å². The fraction of sp³-hybridized carbons (Fsp3) is 0.261. The van der Waals surface area contributed by atoms with Gasteiger partial charge in [-0.1, -0.05) is 6.07 Å². The zero-order chi connectivity index (χ0) is 22.3. The molecule has 2 heterocycles. The van der Waals surface area contributed by atoms with Crippen molar-refractivity contribution in [3.05, 3.63) is 82.1 Å². The van der Waals surface area contributed by atoms with Gasteiger partial charge in [0.2, 0.25) is 0 Å². The van der Waals surface area contributed by atoms with Gasteiger partial charge < -0.3 is 4.90 Å². The number of fused-ring (bicyclic) bond motifs is 1. The van der Waals surface area contributed by atoms with Crippen LogP contribution in [0.25, 0.3) is 11.3 Å². The number of hydrogen-bond acceptors (Lipinski definition) is 3. The average Bonchev–Trinajstić information content (AvgIpc) is 2.72. The monoisotopic (exact) mass is 429 g/mol. The van der Waals surface area contributed by atoms with Crippen LogP contribution in [0.15, 0.2) is 42.5 Å². The van der Waals surface area contributed by atoms with Gasteiger partial charge in [-0.2, -0.15) is 13.2 Å². The summed E-state index contributed by atoms with van der Waals surface area (Å²) in [4.78, 5) is 23.5. The fourth-order valence-corrected chi connectivity index (χ4v) is 3.92. The molecule has 0 N–H and O–H groups in total. The highest BCUT2D eigenvalue weighted by Crippen LogP contribution is 2.34. The van der Waals surface area contributed by atoms with Gasteiger partial charge in [-0.25, -0.2) is 14.4 Å². The number of amides is 1. The molecule has 0 spiro atoms. The molecule has 0 saturated heterocycles. The second-order valence-corrected chi connectivity index (χ2v) is 7.50. The van der Waals surface area contributed by atoms with Crippen molar-refractivity contribution in [2.45, 2.75) is 33.0 Å². The molecule has 1 aliphatic heterocycles. The molecule has 0 radical (unpaired) electrons. The van der Waals surface area contributed by atoms with Gasteiger partial charge in [0.1, 0.15) is 11.6 Å². The number of carbonyl (C=O) groups excluding carboxylic acids is 1. The molecule has 3 aromatic rings. The second kappa shape index (κ2) is 7.76. The Hall–Kier alpha value is -3.29. The fourth-order valence-electron chi connectivity index (χ4n) is 3.92. The van der Waals surface area contributed by atoms with Crippen LogP contribution in [0.3, 0.4) is 0 Å². The molecule has 0 aliphatic carbocycles. The molecule has 0 unspecified atom stereocenters. The Bertz CT molecular complexity index is 1160. The van der Waals surface area contributed by atoms with Crippen molar-refractivity contribution in [3.63, 3.8) is 0 Å². The van der Waals surface area contributed by atoms with Crippen LogP contribution < -0.4 is 0 Å². The van der Waals surface area contributed by atoms with Gasteiger partial charge in [0, 0.05) is 23.2 Å². The molecule has 4 nitrogen and oxygen atoms in total. The topological polar surface area (TPSA) is 46.1 Å². The minimum atomic E-state index is -4.52. The SMILES string of the molecule is Cc1nc2c(c(-c3ccc(F)cc3)n1)CCN(C(=O)c1cccc(C(F)(F)F)c1C)C2. The maximum Gasteiger partial charge on any atom is 0.416 e. The standard InChI is InChI=1S/C23H19F4N3O/c1-13-17(4-3-5-19(13)23(25,26)27)22(31)30-11-10-18-20(12-30)28-14(2)29-21(18)15-6-8-16(24)9-7-15/h3-9H,10-12H2,1-2H3. The lowest BCUT2D eigenvalue weighted by atomic mass is 9.96. The van der Waals surface area contributed by atoms with E-state index in [1.807, 2.05) is 0 Å². The highest BCUT2D eigenvalue weighted by atomic mass is 19.4. The van der Waals surface area contributed by atoms with Crippen LogP contribution in [0.2, 0.25) is 0 Å². The summed E-state index contributed by atoms with van der Waals surface area (Å²) in [7, 11) is 0. The van der Waals surface area contributed by atoms with Crippen molar-refractivity contribution in [1.82, 2.24) is 14.9 Å². The Morgan fingerprint density at radius 1 is 1.03 bits per heavy atom. The minimum Gasteiger partial charge on any atom is -0.332 e. The van der Waals surface area contributed by atoms with Crippen LogP contribution in [0, 0.1) is 19.7 Å². The maximum absolute atomic E-state index is 13.3. The highest BCUT2D eigenvalue weighted by molar-refractivity contribution is 5.96. The summed E-state index contributed by atoms with van der Waals surface area (Å²) in [5.41, 5.74) is 2.08. The molecule has 0 fully saturated rings. The zero-order valence-electron chi connectivity index (χ0n) is 16.9. The van der Waals surface area contributed by atoms with Crippen molar-refractivity contribution < 1.29 is 22.4 Å². The van der Waals surface area contributed by atoms with Crippen molar-refractivity contribution >= 4 is 5.91 Å². The van der Waals surface area contributed by atoms with Crippen LogP contribution in [0.5, 0.6) is 0 Å². The number of hydrogen-bond donors (Lipinski definition) is 0. The van der Waals surface area contributed by atoms with E-state index in [4.69, 9.17) is 0 Å². The van der Waals surface area contributed by atoms with E-state index in [-0.39, 0.29) is 23.5 Å². The third-order valence-corrected chi connectivity index (χ3v) is 5.45. The predicted octanol–water partition coefficient (Wildman–Crippen LogP) is 5.12. The van der Waals surface area contributed by atoms with Gasteiger partial charge in [0.15, 0.2) is 0 Å².